The molecule has 0 amide bonds. The lowest BCUT2D eigenvalue weighted by molar-refractivity contribution is 0.675. The summed E-state index contributed by atoms with van der Waals surface area (Å²) in [6.07, 6.45) is 2.86. The summed E-state index contributed by atoms with van der Waals surface area (Å²) < 4.78 is 20.0. The van der Waals surface area contributed by atoms with Crippen molar-refractivity contribution in [2.75, 3.05) is 11.6 Å². The molecule has 0 spiro atoms. The highest BCUT2D eigenvalue weighted by atomic mass is 35.5. The summed E-state index contributed by atoms with van der Waals surface area (Å²) in [5, 5.41) is 4.82. The quantitative estimate of drug-likeness (QED) is 0.497. The van der Waals surface area contributed by atoms with Gasteiger partial charge in [0.15, 0.2) is 5.03 Å². The first-order chi connectivity index (χ1) is 12.6. The Kier molecular flexibility index (Phi) is 5.67. The van der Waals surface area contributed by atoms with E-state index in [0.29, 0.717) is 32.4 Å². The molecule has 0 fully saturated rings. The number of nitrogens with zero attached hydrogens (tertiary/aromatic N) is 2. The molecular weight excluding hydrogens is 429 g/mol. The van der Waals surface area contributed by atoms with Crippen molar-refractivity contribution in [2.24, 2.45) is 0 Å². The summed E-state index contributed by atoms with van der Waals surface area (Å²) in [4.78, 5) is 11.8. The van der Waals surface area contributed by atoms with Crippen LogP contribution in [0.25, 0.3) is 0 Å². The average Bonchev–Trinajstić information content (AvgIpc) is 2.99. The van der Waals surface area contributed by atoms with Gasteiger partial charge in [-0.1, -0.05) is 40.9 Å². The Morgan fingerprint density at radius 3 is 2.48 bits per heavy atom. The smallest absolute Gasteiger partial charge is 0.156 e. The summed E-state index contributed by atoms with van der Waals surface area (Å²) in [5.74, 6) is 1.05. The number of rotatable bonds is 5. The number of pyridine rings is 1. The lowest BCUT2D eigenvalue weighted by Crippen LogP contribution is -2.15. The van der Waals surface area contributed by atoms with Crippen molar-refractivity contribution in [1.29, 1.82) is 4.78 Å². The standard InChI is InChI=1S/C17H16Cl3N5OS/c1-9-17(27(2,21)26)25-16(23-9)15(10-3-5-12(19)13(20)7-10)24-14-6-4-11(18)8-22-14/h3-8,15,21H,1-2H3,(H,22,24)(H,23,25)/t15-,27?/m0/s1. The van der Waals surface area contributed by atoms with Crippen LogP contribution in [0.5, 0.6) is 0 Å². The molecule has 3 aromatic rings. The summed E-state index contributed by atoms with van der Waals surface area (Å²) in [6, 6.07) is 8.18. The Morgan fingerprint density at radius 1 is 1.19 bits per heavy atom. The number of hydrogen-bond donors (Lipinski definition) is 3. The monoisotopic (exact) mass is 443 g/mol. The van der Waals surface area contributed by atoms with Gasteiger partial charge in [0, 0.05) is 18.1 Å². The zero-order valence-electron chi connectivity index (χ0n) is 14.4. The number of halogens is 3. The zero-order valence-corrected chi connectivity index (χ0v) is 17.5. The van der Waals surface area contributed by atoms with Crippen LogP contribution in [-0.4, -0.2) is 25.4 Å². The predicted molar refractivity (Wildman–Crippen MR) is 110 cm³/mol. The van der Waals surface area contributed by atoms with E-state index in [-0.39, 0.29) is 5.03 Å². The van der Waals surface area contributed by atoms with E-state index in [4.69, 9.17) is 39.6 Å². The molecule has 2 heterocycles. The number of aromatic amines is 1. The molecule has 142 valence electrons. The minimum absolute atomic E-state index is 0.216. The van der Waals surface area contributed by atoms with E-state index >= 15 is 0 Å². The van der Waals surface area contributed by atoms with E-state index in [1.165, 1.54) is 12.5 Å². The van der Waals surface area contributed by atoms with Gasteiger partial charge < -0.3 is 10.3 Å². The van der Waals surface area contributed by atoms with Crippen LogP contribution < -0.4 is 5.32 Å². The molecule has 3 rings (SSSR count). The Balaban J connectivity index is 2.09. The first-order valence-corrected chi connectivity index (χ1v) is 10.9. The maximum Gasteiger partial charge on any atom is 0.156 e. The number of imidazole rings is 1. The maximum atomic E-state index is 12.2. The largest absolute Gasteiger partial charge is 0.356 e. The second-order valence-electron chi connectivity index (χ2n) is 6.01. The fraction of sp³-hybridized carbons (Fsp3) is 0.176. The first-order valence-electron chi connectivity index (χ1n) is 7.78. The second-order valence-corrected chi connectivity index (χ2v) is 9.33. The summed E-state index contributed by atoms with van der Waals surface area (Å²) in [5.41, 5.74) is 1.34. The molecule has 0 saturated carbocycles. The molecule has 2 aromatic heterocycles. The van der Waals surface area contributed by atoms with Crippen LogP contribution in [0.4, 0.5) is 5.82 Å². The minimum atomic E-state index is -2.97. The molecule has 0 aliphatic rings. The fourth-order valence-corrected chi connectivity index (χ4v) is 3.92. The van der Waals surface area contributed by atoms with Gasteiger partial charge >= 0.3 is 0 Å². The molecule has 0 radical (unpaired) electrons. The molecule has 2 atom stereocenters. The van der Waals surface area contributed by atoms with Crippen LogP contribution in [0.3, 0.4) is 0 Å². The fourth-order valence-electron chi connectivity index (χ4n) is 2.59. The van der Waals surface area contributed by atoms with Crippen molar-refractivity contribution in [3.63, 3.8) is 0 Å². The van der Waals surface area contributed by atoms with Gasteiger partial charge in [-0.2, -0.15) is 0 Å². The van der Waals surface area contributed by atoms with Crippen LogP contribution >= 0.6 is 34.8 Å². The van der Waals surface area contributed by atoms with E-state index in [0.717, 1.165) is 5.56 Å². The number of benzene rings is 1. The number of nitrogens with one attached hydrogen (secondary N) is 3. The van der Waals surface area contributed by atoms with Gasteiger partial charge in [0.1, 0.15) is 17.7 Å². The number of hydrogen-bond acceptors (Lipinski definition) is 5. The van der Waals surface area contributed by atoms with Crippen LogP contribution in [0, 0.1) is 11.7 Å². The third-order valence-electron chi connectivity index (χ3n) is 3.80. The summed E-state index contributed by atoms with van der Waals surface area (Å²) >= 11 is 18.1. The Labute approximate surface area is 172 Å². The molecule has 10 heteroatoms. The summed E-state index contributed by atoms with van der Waals surface area (Å²) in [7, 11) is -2.97. The normalized spacial score (nSPS) is 14.6. The zero-order chi connectivity index (χ0) is 19.8. The number of H-pyrrole nitrogens is 1. The maximum absolute atomic E-state index is 12.2. The molecule has 27 heavy (non-hydrogen) atoms. The molecule has 0 aliphatic heterocycles. The molecule has 3 N–H and O–H groups in total. The van der Waals surface area contributed by atoms with E-state index in [9.17, 15) is 4.21 Å². The molecule has 0 aliphatic carbocycles. The van der Waals surface area contributed by atoms with E-state index in [1.54, 1.807) is 31.2 Å². The number of aromatic nitrogens is 3. The predicted octanol–water partition coefficient (Wildman–Crippen LogP) is 5.31. The second kappa shape index (κ2) is 7.67. The van der Waals surface area contributed by atoms with Crippen molar-refractivity contribution in [2.45, 2.75) is 18.0 Å². The van der Waals surface area contributed by atoms with E-state index < -0.39 is 15.8 Å². The van der Waals surface area contributed by atoms with E-state index in [1.807, 2.05) is 6.07 Å². The van der Waals surface area contributed by atoms with Gasteiger partial charge in [0.25, 0.3) is 0 Å². The number of anilines is 1. The molecule has 1 aromatic carbocycles. The Morgan fingerprint density at radius 2 is 1.93 bits per heavy atom. The van der Waals surface area contributed by atoms with Crippen molar-refractivity contribution in [3.8, 4) is 0 Å². The van der Waals surface area contributed by atoms with Gasteiger partial charge in [-0.15, -0.1) is 0 Å². The number of aryl methyl sites for hydroxylation is 1. The Bertz CT molecular complexity index is 1080. The highest BCUT2D eigenvalue weighted by molar-refractivity contribution is 7.91. The highest BCUT2D eigenvalue weighted by Gasteiger charge is 2.23. The first kappa shape index (κ1) is 19.9. The highest BCUT2D eigenvalue weighted by Crippen LogP contribution is 2.31. The van der Waals surface area contributed by atoms with Gasteiger partial charge in [0.2, 0.25) is 0 Å². The van der Waals surface area contributed by atoms with Crippen molar-refractivity contribution in [3.05, 3.63) is 68.7 Å². The SMILES string of the molecule is Cc1[nH]c([C@@H](Nc2ccc(Cl)cn2)c2ccc(Cl)c(Cl)c2)nc1S(C)(=N)=O. The molecule has 6 nitrogen and oxygen atoms in total. The molecule has 1 unspecified atom stereocenters. The van der Waals surface area contributed by atoms with E-state index in [2.05, 4.69) is 20.3 Å². The third-order valence-corrected chi connectivity index (χ3v) is 5.90. The van der Waals surface area contributed by atoms with Gasteiger partial charge in [-0.3, -0.25) is 0 Å². The van der Waals surface area contributed by atoms with Crippen molar-refractivity contribution in [1.82, 2.24) is 15.0 Å². The topological polar surface area (TPSA) is 94.5 Å². The van der Waals surface area contributed by atoms with Gasteiger partial charge in [-0.25, -0.2) is 19.0 Å². The lowest BCUT2D eigenvalue weighted by Gasteiger charge is -2.18. The van der Waals surface area contributed by atoms with Gasteiger partial charge in [-0.05, 0) is 36.8 Å². The molecule has 0 bridgehead atoms. The lowest BCUT2D eigenvalue weighted by atomic mass is 10.1. The van der Waals surface area contributed by atoms with Crippen LogP contribution in [0.2, 0.25) is 15.1 Å². The van der Waals surface area contributed by atoms with Crippen LogP contribution in [0.15, 0.2) is 41.6 Å². The summed E-state index contributed by atoms with van der Waals surface area (Å²) in [6.45, 7) is 1.73. The van der Waals surface area contributed by atoms with Gasteiger partial charge in [0.05, 0.1) is 24.8 Å². The molecule has 0 saturated heterocycles. The van der Waals surface area contributed by atoms with Crippen LogP contribution in [0.1, 0.15) is 23.1 Å². The van der Waals surface area contributed by atoms with Crippen LogP contribution in [-0.2, 0) is 9.73 Å². The average molecular weight is 445 g/mol. The molecular formula is C17H16Cl3N5OS. The van der Waals surface area contributed by atoms with Crippen molar-refractivity contribution < 1.29 is 4.21 Å². The Hall–Kier alpha value is -1.80. The minimum Gasteiger partial charge on any atom is -0.356 e. The third kappa shape index (κ3) is 4.55. The van der Waals surface area contributed by atoms with Crippen molar-refractivity contribution >= 4 is 50.3 Å².